The lowest BCUT2D eigenvalue weighted by Gasteiger charge is -2.09. The molecule has 7 heteroatoms. The van der Waals surface area contributed by atoms with Gasteiger partial charge >= 0.3 is 0 Å². The van der Waals surface area contributed by atoms with Gasteiger partial charge < -0.3 is 5.32 Å². The maximum absolute atomic E-state index is 11.5. The van der Waals surface area contributed by atoms with Crippen LogP contribution in [-0.4, -0.2) is 26.7 Å². The third-order valence-corrected chi connectivity index (χ3v) is 4.04. The molecule has 0 radical (unpaired) electrons. The van der Waals surface area contributed by atoms with Crippen LogP contribution >= 0.6 is 11.6 Å². The van der Waals surface area contributed by atoms with Crippen molar-refractivity contribution in [3.05, 3.63) is 29.8 Å². The van der Waals surface area contributed by atoms with E-state index in [1.165, 1.54) is 12.1 Å². The number of carbonyl (C=O) groups is 1. The van der Waals surface area contributed by atoms with Crippen molar-refractivity contribution in [2.45, 2.75) is 18.2 Å². The highest BCUT2D eigenvalue weighted by Gasteiger charge is 2.10. The third-order valence-electron chi connectivity index (χ3n) is 2.64. The summed E-state index contributed by atoms with van der Waals surface area (Å²) in [5.41, 5.74) is 0.922. The first-order chi connectivity index (χ1) is 8.84. The molecule has 0 fully saturated rings. The number of benzene rings is 1. The van der Waals surface area contributed by atoms with E-state index in [1.54, 1.807) is 19.1 Å². The van der Waals surface area contributed by atoms with E-state index in [2.05, 4.69) is 5.32 Å². The standard InChI is InChI=1S/C12H17ClN2O3S/c1-9(8-13)12(16)15-7-6-10-2-4-11(5-3-10)19(14,17)18/h2-5,9H,6-8H2,1H3,(H,15,16)(H2,14,17,18). The van der Waals surface area contributed by atoms with E-state index in [9.17, 15) is 13.2 Å². The highest BCUT2D eigenvalue weighted by Crippen LogP contribution is 2.09. The van der Waals surface area contributed by atoms with Gasteiger partial charge in [-0.1, -0.05) is 19.1 Å². The number of hydrogen-bond acceptors (Lipinski definition) is 3. The number of rotatable bonds is 6. The van der Waals surface area contributed by atoms with Gasteiger partial charge in [0, 0.05) is 18.3 Å². The summed E-state index contributed by atoms with van der Waals surface area (Å²) in [5, 5.41) is 7.76. The minimum Gasteiger partial charge on any atom is -0.356 e. The smallest absolute Gasteiger partial charge is 0.238 e. The number of hydrogen-bond donors (Lipinski definition) is 2. The zero-order valence-electron chi connectivity index (χ0n) is 10.6. The molecular weight excluding hydrogens is 288 g/mol. The van der Waals surface area contributed by atoms with Crippen molar-refractivity contribution in [3.8, 4) is 0 Å². The minimum atomic E-state index is -3.65. The summed E-state index contributed by atoms with van der Waals surface area (Å²) in [4.78, 5) is 11.5. The number of primary sulfonamides is 1. The molecule has 1 atom stereocenters. The zero-order valence-corrected chi connectivity index (χ0v) is 12.2. The summed E-state index contributed by atoms with van der Waals surface area (Å²) >= 11 is 5.57. The predicted molar refractivity (Wildman–Crippen MR) is 74.4 cm³/mol. The van der Waals surface area contributed by atoms with Crippen LogP contribution in [0.5, 0.6) is 0 Å². The topological polar surface area (TPSA) is 89.3 Å². The van der Waals surface area contributed by atoms with Crippen LogP contribution in [0.4, 0.5) is 0 Å². The van der Waals surface area contributed by atoms with Crippen molar-refractivity contribution < 1.29 is 13.2 Å². The Morgan fingerprint density at radius 2 is 1.95 bits per heavy atom. The molecule has 0 spiro atoms. The van der Waals surface area contributed by atoms with Gasteiger partial charge in [-0.2, -0.15) is 0 Å². The molecule has 0 aromatic heterocycles. The van der Waals surface area contributed by atoms with Crippen LogP contribution < -0.4 is 10.5 Å². The molecule has 0 saturated carbocycles. The van der Waals surface area contributed by atoms with Crippen LogP contribution in [0.2, 0.25) is 0 Å². The van der Waals surface area contributed by atoms with E-state index in [1.807, 2.05) is 0 Å². The van der Waals surface area contributed by atoms with Crippen LogP contribution in [0.15, 0.2) is 29.2 Å². The number of halogens is 1. The monoisotopic (exact) mass is 304 g/mol. The lowest BCUT2D eigenvalue weighted by molar-refractivity contribution is -0.123. The first kappa shape index (κ1) is 15.9. The molecule has 19 heavy (non-hydrogen) atoms. The molecule has 0 saturated heterocycles. The number of sulfonamides is 1. The summed E-state index contributed by atoms with van der Waals surface area (Å²) in [6.45, 7) is 2.23. The molecule has 0 bridgehead atoms. The van der Waals surface area contributed by atoms with Gasteiger partial charge in [-0.3, -0.25) is 4.79 Å². The van der Waals surface area contributed by atoms with Crippen LogP contribution in [0.1, 0.15) is 12.5 Å². The van der Waals surface area contributed by atoms with Gasteiger partial charge in [0.2, 0.25) is 15.9 Å². The Balaban J connectivity index is 2.49. The molecule has 0 aliphatic heterocycles. The average molecular weight is 305 g/mol. The van der Waals surface area contributed by atoms with Gasteiger partial charge in [-0.05, 0) is 24.1 Å². The molecule has 0 heterocycles. The quantitative estimate of drug-likeness (QED) is 0.764. The van der Waals surface area contributed by atoms with Crippen molar-refractivity contribution >= 4 is 27.5 Å². The van der Waals surface area contributed by atoms with Crippen molar-refractivity contribution in [1.29, 1.82) is 0 Å². The Labute approximate surface area is 118 Å². The summed E-state index contributed by atoms with van der Waals surface area (Å²) in [6, 6.07) is 6.26. The van der Waals surface area contributed by atoms with Crippen LogP contribution in [0.3, 0.4) is 0 Å². The first-order valence-electron chi connectivity index (χ1n) is 5.80. The Morgan fingerprint density at radius 3 is 2.42 bits per heavy atom. The molecule has 1 unspecified atom stereocenters. The van der Waals surface area contributed by atoms with Gasteiger partial charge in [-0.25, -0.2) is 13.6 Å². The summed E-state index contributed by atoms with van der Waals surface area (Å²) in [7, 11) is -3.65. The largest absolute Gasteiger partial charge is 0.356 e. The van der Waals surface area contributed by atoms with E-state index in [4.69, 9.17) is 16.7 Å². The summed E-state index contributed by atoms with van der Waals surface area (Å²) in [6.07, 6.45) is 0.617. The minimum absolute atomic E-state index is 0.0797. The molecule has 0 aliphatic rings. The fraction of sp³-hybridized carbons (Fsp3) is 0.417. The van der Waals surface area contributed by atoms with Crippen molar-refractivity contribution in [3.63, 3.8) is 0 Å². The van der Waals surface area contributed by atoms with E-state index < -0.39 is 10.0 Å². The zero-order chi connectivity index (χ0) is 14.5. The highest BCUT2D eigenvalue weighted by atomic mass is 35.5. The number of nitrogens with two attached hydrogens (primary N) is 1. The molecule has 3 N–H and O–H groups in total. The van der Waals surface area contributed by atoms with E-state index >= 15 is 0 Å². The third kappa shape index (κ3) is 5.18. The summed E-state index contributed by atoms with van der Waals surface area (Å²) < 4.78 is 22.1. The van der Waals surface area contributed by atoms with Crippen molar-refractivity contribution in [2.75, 3.05) is 12.4 Å². The van der Waals surface area contributed by atoms with E-state index in [0.717, 1.165) is 5.56 Å². The van der Waals surface area contributed by atoms with Crippen LogP contribution in [0.25, 0.3) is 0 Å². The van der Waals surface area contributed by atoms with Gasteiger partial charge in [0.15, 0.2) is 0 Å². The normalized spacial score (nSPS) is 13.0. The maximum Gasteiger partial charge on any atom is 0.238 e. The average Bonchev–Trinajstić information content (AvgIpc) is 2.37. The Morgan fingerprint density at radius 1 is 1.37 bits per heavy atom. The number of nitrogens with one attached hydrogen (secondary N) is 1. The molecule has 0 aliphatic carbocycles. The van der Waals surface area contributed by atoms with Gasteiger partial charge in [0.05, 0.1) is 4.90 Å². The summed E-state index contributed by atoms with van der Waals surface area (Å²) in [5.74, 6) is -0.0166. The number of alkyl halides is 1. The Kier molecular flexibility index (Phi) is 5.78. The second kappa shape index (κ2) is 6.88. The lowest BCUT2D eigenvalue weighted by atomic mass is 10.1. The van der Waals surface area contributed by atoms with Crippen molar-refractivity contribution in [2.24, 2.45) is 11.1 Å². The second-order valence-electron chi connectivity index (χ2n) is 4.29. The maximum atomic E-state index is 11.5. The van der Waals surface area contributed by atoms with Crippen LogP contribution in [-0.2, 0) is 21.2 Å². The van der Waals surface area contributed by atoms with E-state index in [0.29, 0.717) is 13.0 Å². The Bertz CT molecular complexity index is 528. The molecule has 1 rings (SSSR count). The van der Waals surface area contributed by atoms with Gasteiger partial charge in [0.25, 0.3) is 0 Å². The first-order valence-corrected chi connectivity index (χ1v) is 7.88. The fourth-order valence-corrected chi connectivity index (χ4v) is 2.08. The Hall–Kier alpha value is -1.11. The number of carbonyl (C=O) groups excluding carboxylic acids is 1. The molecule has 1 aromatic rings. The molecule has 1 amide bonds. The van der Waals surface area contributed by atoms with Crippen molar-refractivity contribution in [1.82, 2.24) is 5.32 Å². The molecule has 1 aromatic carbocycles. The highest BCUT2D eigenvalue weighted by molar-refractivity contribution is 7.89. The van der Waals surface area contributed by atoms with Gasteiger partial charge in [0.1, 0.15) is 0 Å². The van der Waals surface area contributed by atoms with Crippen LogP contribution in [0, 0.1) is 5.92 Å². The molecule has 5 nitrogen and oxygen atoms in total. The lowest BCUT2D eigenvalue weighted by Crippen LogP contribution is -2.31. The molecule has 106 valence electrons. The number of amides is 1. The fourth-order valence-electron chi connectivity index (χ4n) is 1.42. The predicted octanol–water partition coefficient (Wildman–Crippen LogP) is 0.868. The SMILES string of the molecule is CC(CCl)C(=O)NCCc1ccc(S(N)(=O)=O)cc1. The molecular formula is C12H17ClN2O3S. The van der Waals surface area contributed by atoms with Gasteiger partial charge in [-0.15, -0.1) is 11.6 Å². The van der Waals surface area contributed by atoms with E-state index in [-0.39, 0.29) is 22.6 Å². The second-order valence-corrected chi connectivity index (χ2v) is 6.16.